The van der Waals surface area contributed by atoms with E-state index in [-0.39, 0.29) is 30.6 Å². The molecule has 1 aromatic carbocycles. The lowest BCUT2D eigenvalue weighted by Crippen LogP contribution is -2.33. The molecule has 1 amide bonds. The number of ether oxygens (including phenoxy) is 3. The maximum absolute atomic E-state index is 12.3. The molecule has 0 heterocycles. The SMILES string of the molecule is CCCCCCOC(=O)CCCCCCCN(CCCCCCCC(=O)OC(CCC)CCCC)CCCNC(=O)COCc1ccccc1. The largest absolute Gasteiger partial charge is 0.466 e. The van der Waals surface area contributed by atoms with Gasteiger partial charge >= 0.3 is 11.9 Å². The predicted octanol–water partition coefficient (Wildman–Crippen LogP) is 9.72. The lowest BCUT2D eigenvalue weighted by Gasteiger charge is -2.22. The molecule has 1 N–H and O–H groups in total. The Labute approximate surface area is 306 Å². The Hall–Kier alpha value is -2.45. The summed E-state index contributed by atoms with van der Waals surface area (Å²) >= 11 is 0. The molecule has 1 atom stereocenters. The molecule has 0 bridgehead atoms. The molecule has 50 heavy (non-hydrogen) atoms. The summed E-state index contributed by atoms with van der Waals surface area (Å²) in [4.78, 5) is 39.1. The molecule has 0 aromatic heterocycles. The number of nitrogens with one attached hydrogen (secondary N) is 1. The molecule has 0 fully saturated rings. The summed E-state index contributed by atoms with van der Waals surface area (Å²) in [5, 5.41) is 3.01. The highest BCUT2D eigenvalue weighted by molar-refractivity contribution is 5.77. The highest BCUT2D eigenvalue weighted by Gasteiger charge is 2.13. The number of carbonyl (C=O) groups is 3. The fourth-order valence-electron chi connectivity index (χ4n) is 6.07. The van der Waals surface area contributed by atoms with Crippen molar-refractivity contribution in [2.75, 3.05) is 39.4 Å². The van der Waals surface area contributed by atoms with Gasteiger partial charge in [0.25, 0.3) is 0 Å². The first-order chi connectivity index (χ1) is 24.5. The number of benzene rings is 1. The van der Waals surface area contributed by atoms with E-state index >= 15 is 0 Å². The van der Waals surface area contributed by atoms with Gasteiger partial charge in [0, 0.05) is 19.4 Å². The Balaban J connectivity index is 2.29. The maximum atomic E-state index is 12.3. The van der Waals surface area contributed by atoms with Crippen LogP contribution in [0.1, 0.15) is 168 Å². The number of hydrogen-bond acceptors (Lipinski definition) is 7. The van der Waals surface area contributed by atoms with E-state index in [0.717, 1.165) is 141 Å². The second kappa shape index (κ2) is 33.7. The van der Waals surface area contributed by atoms with Gasteiger partial charge < -0.3 is 24.4 Å². The van der Waals surface area contributed by atoms with E-state index in [9.17, 15) is 14.4 Å². The van der Waals surface area contributed by atoms with Gasteiger partial charge in [-0.2, -0.15) is 0 Å². The van der Waals surface area contributed by atoms with E-state index in [0.29, 0.717) is 32.6 Å². The normalized spacial score (nSPS) is 11.8. The van der Waals surface area contributed by atoms with Crippen molar-refractivity contribution in [3.05, 3.63) is 35.9 Å². The predicted molar refractivity (Wildman–Crippen MR) is 205 cm³/mol. The summed E-state index contributed by atoms with van der Waals surface area (Å²) in [5.41, 5.74) is 1.06. The van der Waals surface area contributed by atoms with Crippen LogP contribution in [-0.2, 0) is 35.2 Å². The number of hydrogen-bond donors (Lipinski definition) is 1. The van der Waals surface area contributed by atoms with Crippen LogP contribution in [0, 0.1) is 0 Å². The fraction of sp³-hybridized carbons (Fsp3) is 0.786. The van der Waals surface area contributed by atoms with Crippen LogP contribution in [0.4, 0.5) is 0 Å². The topological polar surface area (TPSA) is 94.2 Å². The van der Waals surface area contributed by atoms with Crippen LogP contribution >= 0.6 is 0 Å². The van der Waals surface area contributed by atoms with Crippen molar-refractivity contribution in [2.45, 2.75) is 175 Å². The smallest absolute Gasteiger partial charge is 0.306 e. The molecule has 1 aromatic rings. The van der Waals surface area contributed by atoms with Crippen LogP contribution in [-0.4, -0.2) is 68.2 Å². The Morgan fingerprint density at radius 3 is 1.90 bits per heavy atom. The Morgan fingerprint density at radius 2 is 1.24 bits per heavy atom. The summed E-state index contributed by atoms with van der Waals surface area (Å²) in [6.07, 6.45) is 22.6. The zero-order valence-corrected chi connectivity index (χ0v) is 32.4. The summed E-state index contributed by atoms with van der Waals surface area (Å²) in [6.45, 7) is 11.3. The molecule has 0 radical (unpaired) electrons. The number of esters is 2. The van der Waals surface area contributed by atoms with Gasteiger partial charge in [-0.15, -0.1) is 0 Å². The van der Waals surface area contributed by atoms with Gasteiger partial charge in [-0.1, -0.05) is 128 Å². The van der Waals surface area contributed by atoms with E-state index in [2.05, 4.69) is 31.0 Å². The summed E-state index contributed by atoms with van der Waals surface area (Å²) in [7, 11) is 0. The minimum atomic E-state index is -0.0708. The third-order valence-electron chi connectivity index (χ3n) is 9.08. The molecule has 0 aliphatic rings. The molecular weight excluding hydrogens is 628 g/mol. The van der Waals surface area contributed by atoms with E-state index in [1.165, 1.54) is 12.8 Å². The van der Waals surface area contributed by atoms with Crippen LogP contribution in [0.2, 0.25) is 0 Å². The molecule has 1 unspecified atom stereocenters. The minimum absolute atomic E-state index is 0.0293. The molecule has 8 nitrogen and oxygen atoms in total. The lowest BCUT2D eigenvalue weighted by molar-refractivity contribution is -0.150. The van der Waals surface area contributed by atoms with Crippen molar-refractivity contribution in [1.29, 1.82) is 0 Å². The van der Waals surface area contributed by atoms with Crippen molar-refractivity contribution in [3.8, 4) is 0 Å². The quantitative estimate of drug-likeness (QED) is 0.0556. The summed E-state index contributed by atoms with van der Waals surface area (Å²) in [5.74, 6) is -0.151. The molecule has 8 heteroatoms. The third kappa shape index (κ3) is 28.3. The first kappa shape index (κ1) is 45.6. The maximum Gasteiger partial charge on any atom is 0.306 e. The molecule has 0 spiro atoms. The highest BCUT2D eigenvalue weighted by atomic mass is 16.5. The average Bonchev–Trinajstić information content (AvgIpc) is 3.11. The molecule has 288 valence electrons. The number of rotatable bonds is 35. The summed E-state index contributed by atoms with van der Waals surface area (Å²) < 4.78 is 16.7. The number of carbonyl (C=O) groups excluding carboxylic acids is 3. The lowest BCUT2D eigenvalue weighted by atomic mass is 10.1. The number of amides is 1. The third-order valence-corrected chi connectivity index (χ3v) is 9.08. The second-order valence-corrected chi connectivity index (χ2v) is 13.9. The van der Waals surface area contributed by atoms with Crippen LogP contribution in [0.15, 0.2) is 30.3 Å². The standard InChI is InChI=1S/C42H74N2O6/c1-4-7-9-23-35-49-41(46)29-19-12-10-14-21-32-44(34-24-31-43-40(45)37-48-36-38-26-17-16-18-27-38)33-22-15-11-13-20-30-42(47)50-39(25-6-3)28-8-5-2/h16-18,26-27,39H,4-15,19-25,28-37H2,1-3H3,(H,43,45). The van der Waals surface area contributed by atoms with Crippen molar-refractivity contribution in [1.82, 2.24) is 10.2 Å². The van der Waals surface area contributed by atoms with Gasteiger partial charge in [-0.25, -0.2) is 0 Å². The van der Waals surface area contributed by atoms with Crippen LogP contribution in [0.25, 0.3) is 0 Å². The summed E-state index contributed by atoms with van der Waals surface area (Å²) in [6, 6.07) is 9.90. The zero-order chi connectivity index (χ0) is 36.3. The highest BCUT2D eigenvalue weighted by Crippen LogP contribution is 2.14. The van der Waals surface area contributed by atoms with Crippen LogP contribution in [0.5, 0.6) is 0 Å². The monoisotopic (exact) mass is 703 g/mol. The van der Waals surface area contributed by atoms with Gasteiger partial charge in [-0.3, -0.25) is 14.4 Å². The number of unbranched alkanes of at least 4 members (excludes halogenated alkanes) is 12. The molecule has 0 aliphatic heterocycles. The minimum Gasteiger partial charge on any atom is -0.466 e. The average molecular weight is 703 g/mol. The molecule has 0 saturated carbocycles. The van der Waals surface area contributed by atoms with Crippen molar-refractivity contribution >= 4 is 17.8 Å². The van der Waals surface area contributed by atoms with Gasteiger partial charge in [0.2, 0.25) is 5.91 Å². The second-order valence-electron chi connectivity index (χ2n) is 13.9. The van der Waals surface area contributed by atoms with E-state index in [1.807, 2.05) is 30.3 Å². The van der Waals surface area contributed by atoms with Crippen molar-refractivity contribution in [2.24, 2.45) is 0 Å². The van der Waals surface area contributed by atoms with Gasteiger partial charge in [0.1, 0.15) is 12.7 Å². The van der Waals surface area contributed by atoms with Crippen LogP contribution in [0.3, 0.4) is 0 Å². The molecule has 0 saturated heterocycles. The fourth-order valence-corrected chi connectivity index (χ4v) is 6.07. The Morgan fingerprint density at radius 1 is 0.640 bits per heavy atom. The van der Waals surface area contributed by atoms with E-state index in [1.54, 1.807) is 0 Å². The van der Waals surface area contributed by atoms with Crippen LogP contribution < -0.4 is 5.32 Å². The zero-order valence-electron chi connectivity index (χ0n) is 32.4. The molecular formula is C42H74N2O6. The van der Waals surface area contributed by atoms with E-state index < -0.39 is 0 Å². The van der Waals surface area contributed by atoms with Gasteiger partial charge in [-0.05, 0) is 76.6 Å². The first-order valence-corrected chi connectivity index (χ1v) is 20.4. The number of nitrogens with zero attached hydrogens (tertiary/aromatic N) is 1. The molecule has 1 rings (SSSR count). The van der Waals surface area contributed by atoms with Gasteiger partial charge in [0.05, 0.1) is 13.2 Å². The van der Waals surface area contributed by atoms with Crippen molar-refractivity contribution < 1.29 is 28.6 Å². The van der Waals surface area contributed by atoms with E-state index in [4.69, 9.17) is 14.2 Å². The Bertz CT molecular complexity index is 943. The first-order valence-electron chi connectivity index (χ1n) is 20.4. The molecule has 0 aliphatic carbocycles. The Kier molecular flexibility index (Phi) is 30.7. The van der Waals surface area contributed by atoms with Gasteiger partial charge in [0.15, 0.2) is 0 Å². The van der Waals surface area contributed by atoms with Crippen molar-refractivity contribution in [3.63, 3.8) is 0 Å².